The van der Waals surface area contributed by atoms with Crippen molar-refractivity contribution in [1.29, 1.82) is 0 Å². The maximum absolute atomic E-state index is 8.86. The van der Waals surface area contributed by atoms with Gasteiger partial charge in [0.15, 0.2) is 5.50 Å². The van der Waals surface area contributed by atoms with Crippen molar-refractivity contribution in [2.75, 3.05) is 0 Å². The van der Waals surface area contributed by atoms with E-state index in [0.717, 1.165) is 10.8 Å². The molecule has 50 valence electrons. The maximum Gasteiger partial charge on any atom is 0.189 e. The first kappa shape index (κ1) is 6.64. The molecule has 0 bridgehead atoms. The molecule has 0 amide bonds. The van der Waals surface area contributed by atoms with Crippen LogP contribution in [0.4, 0.5) is 0 Å². The summed E-state index contributed by atoms with van der Waals surface area (Å²) < 4.78 is 0. The number of nitrogens with zero attached hydrogens (tertiary/aromatic N) is 2. The largest absolute Gasteiger partial charge is 0.286 e. The van der Waals surface area contributed by atoms with E-state index in [2.05, 4.69) is 17.6 Å². The summed E-state index contributed by atoms with van der Waals surface area (Å²) in [5, 5.41) is 9.80. The van der Waals surface area contributed by atoms with Gasteiger partial charge in [-0.25, -0.2) is 5.06 Å². The summed E-state index contributed by atoms with van der Waals surface area (Å²) in [6, 6.07) is 0. The molecule has 3 nitrogen and oxygen atoms in total. The van der Waals surface area contributed by atoms with E-state index in [1.54, 1.807) is 6.08 Å². The Kier molecular flexibility index (Phi) is 1.78. The Hall–Kier alpha value is -0.480. The van der Waals surface area contributed by atoms with Crippen molar-refractivity contribution in [1.82, 2.24) is 5.06 Å². The van der Waals surface area contributed by atoms with Crippen LogP contribution in [0, 0.1) is 0 Å². The monoisotopic (exact) mass is 144 g/mol. The second kappa shape index (κ2) is 2.41. The van der Waals surface area contributed by atoms with Crippen LogP contribution in [0.3, 0.4) is 0 Å². The van der Waals surface area contributed by atoms with Crippen LogP contribution in [0.2, 0.25) is 0 Å². The summed E-state index contributed by atoms with van der Waals surface area (Å²) in [5.74, 6) is 0. The van der Waals surface area contributed by atoms with Crippen molar-refractivity contribution >= 4 is 18.3 Å². The number of hydrogen-bond donors (Lipinski definition) is 2. The van der Waals surface area contributed by atoms with Gasteiger partial charge in [-0.15, -0.1) is 12.6 Å². The zero-order valence-corrected chi connectivity index (χ0v) is 5.92. The average molecular weight is 144 g/mol. The van der Waals surface area contributed by atoms with E-state index in [-0.39, 0.29) is 0 Å². The molecule has 9 heavy (non-hydrogen) atoms. The topological polar surface area (TPSA) is 35.8 Å². The predicted molar refractivity (Wildman–Crippen MR) is 38.6 cm³/mol. The highest BCUT2D eigenvalue weighted by atomic mass is 32.1. The Labute approximate surface area is 59.1 Å². The minimum Gasteiger partial charge on any atom is -0.286 e. The molecule has 0 fully saturated rings. The molecule has 1 aliphatic rings. The van der Waals surface area contributed by atoms with Crippen LogP contribution in [-0.4, -0.2) is 21.5 Å². The van der Waals surface area contributed by atoms with E-state index in [4.69, 9.17) is 5.21 Å². The van der Waals surface area contributed by atoms with Crippen LogP contribution in [0.25, 0.3) is 0 Å². The number of hydrogen-bond acceptors (Lipinski definition) is 4. The molecule has 0 aromatic rings. The number of allylic oxidation sites excluding steroid dienone is 1. The molecule has 0 saturated heterocycles. The minimum atomic E-state index is -0.435. The molecule has 1 rings (SSSR count). The molecule has 1 N–H and O–H groups in total. The standard InChI is InChI=1S/C5H8N2OS/c1-4-2-3-7(8)5(9)6-4/h2-3,5,8-9H,1H3. The normalized spacial score (nSPS) is 26.3. The molecular weight excluding hydrogens is 136 g/mol. The van der Waals surface area contributed by atoms with Gasteiger partial charge in [0.2, 0.25) is 0 Å². The fraction of sp³-hybridized carbons (Fsp3) is 0.400. The Morgan fingerprint density at radius 3 is 3.00 bits per heavy atom. The molecule has 4 heteroatoms. The summed E-state index contributed by atoms with van der Waals surface area (Å²) in [6.07, 6.45) is 3.24. The van der Waals surface area contributed by atoms with Crippen LogP contribution >= 0.6 is 12.6 Å². The highest BCUT2D eigenvalue weighted by Gasteiger charge is 2.08. The molecule has 1 unspecified atom stereocenters. The Morgan fingerprint density at radius 1 is 1.89 bits per heavy atom. The Morgan fingerprint density at radius 2 is 2.56 bits per heavy atom. The third kappa shape index (κ3) is 1.46. The fourth-order valence-corrected chi connectivity index (χ4v) is 0.805. The molecule has 0 saturated carbocycles. The lowest BCUT2D eigenvalue weighted by Crippen LogP contribution is -2.24. The van der Waals surface area contributed by atoms with Crippen molar-refractivity contribution in [2.45, 2.75) is 12.4 Å². The van der Waals surface area contributed by atoms with Crippen molar-refractivity contribution in [3.05, 3.63) is 12.3 Å². The number of hydroxylamine groups is 2. The third-order valence-electron chi connectivity index (χ3n) is 1.02. The molecule has 0 aromatic heterocycles. The van der Waals surface area contributed by atoms with Crippen LogP contribution in [0.1, 0.15) is 6.92 Å². The minimum absolute atomic E-state index is 0.435. The van der Waals surface area contributed by atoms with E-state index >= 15 is 0 Å². The van der Waals surface area contributed by atoms with Crippen molar-refractivity contribution in [3.63, 3.8) is 0 Å². The van der Waals surface area contributed by atoms with Gasteiger partial charge in [-0.05, 0) is 13.0 Å². The molecular formula is C5H8N2OS. The van der Waals surface area contributed by atoms with E-state index in [1.807, 2.05) is 6.92 Å². The molecule has 1 atom stereocenters. The predicted octanol–water partition coefficient (Wildman–Crippen LogP) is 0.879. The van der Waals surface area contributed by atoms with E-state index in [0.29, 0.717) is 0 Å². The Bertz CT molecular complexity index is 166. The van der Waals surface area contributed by atoms with Gasteiger partial charge >= 0.3 is 0 Å². The number of rotatable bonds is 0. The van der Waals surface area contributed by atoms with Gasteiger partial charge in [0.1, 0.15) is 0 Å². The first-order chi connectivity index (χ1) is 4.20. The molecule has 0 radical (unpaired) electrons. The van der Waals surface area contributed by atoms with Crippen molar-refractivity contribution < 1.29 is 5.21 Å². The Balaban J connectivity index is 2.70. The molecule has 0 aliphatic carbocycles. The van der Waals surface area contributed by atoms with Crippen LogP contribution < -0.4 is 0 Å². The lowest BCUT2D eigenvalue weighted by Gasteiger charge is -2.19. The van der Waals surface area contributed by atoms with Crippen LogP contribution in [0.15, 0.2) is 17.3 Å². The van der Waals surface area contributed by atoms with E-state index < -0.39 is 5.50 Å². The summed E-state index contributed by atoms with van der Waals surface area (Å²) in [7, 11) is 0. The molecule has 1 heterocycles. The summed E-state index contributed by atoms with van der Waals surface area (Å²) in [4.78, 5) is 3.93. The lowest BCUT2D eigenvalue weighted by molar-refractivity contribution is -0.0497. The van der Waals surface area contributed by atoms with Gasteiger partial charge in [-0.2, -0.15) is 0 Å². The van der Waals surface area contributed by atoms with Crippen LogP contribution in [-0.2, 0) is 0 Å². The third-order valence-corrected chi connectivity index (χ3v) is 1.38. The van der Waals surface area contributed by atoms with E-state index in [9.17, 15) is 0 Å². The van der Waals surface area contributed by atoms with Gasteiger partial charge in [0.05, 0.1) is 0 Å². The quantitative estimate of drug-likeness (QED) is 0.495. The highest BCUT2D eigenvalue weighted by molar-refractivity contribution is 7.80. The summed E-state index contributed by atoms with van der Waals surface area (Å²) in [5.41, 5.74) is 0.440. The average Bonchev–Trinajstić information content (AvgIpc) is 1.80. The number of aliphatic imine (C=N–C) groups is 1. The second-order valence-corrected chi connectivity index (χ2v) is 2.27. The smallest absolute Gasteiger partial charge is 0.189 e. The van der Waals surface area contributed by atoms with Crippen molar-refractivity contribution in [3.8, 4) is 0 Å². The van der Waals surface area contributed by atoms with Crippen molar-refractivity contribution in [2.24, 2.45) is 4.99 Å². The maximum atomic E-state index is 8.86. The van der Waals surface area contributed by atoms with Gasteiger partial charge in [0.25, 0.3) is 0 Å². The second-order valence-electron chi connectivity index (χ2n) is 1.81. The molecule has 0 aromatic carbocycles. The zero-order chi connectivity index (χ0) is 6.85. The molecule has 1 aliphatic heterocycles. The van der Waals surface area contributed by atoms with Crippen LogP contribution in [0.5, 0.6) is 0 Å². The molecule has 0 spiro atoms. The zero-order valence-electron chi connectivity index (χ0n) is 5.02. The summed E-state index contributed by atoms with van der Waals surface area (Å²) in [6.45, 7) is 1.85. The fourth-order valence-electron chi connectivity index (χ4n) is 0.546. The SMILES string of the molecule is CC1=NC(S)N(O)C=C1. The van der Waals surface area contributed by atoms with Gasteiger partial charge in [0, 0.05) is 11.9 Å². The van der Waals surface area contributed by atoms with E-state index in [1.165, 1.54) is 6.20 Å². The summed E-state index contributed by atoms with van der Waals surface area (Å²) >= 11 is 3.95. The first-order valence-electron chi connectivity index (χ1n) is 2.58. The lowest BCUT2D eigenvalue weighted by atomic mass is 10.4. The van der Waals surface area contributed by atoms with Gasteiger partial charge in [-0.3, -0.25) is 10.2 Å². The first-order valence-corrected chi connectivity index (χ1v) is 3.09. The number of thiol groups is 1. The highest BCUT2D eigenvalue weighted by Crippen LogP contribution is 2.08. The van der Waals surface area contributed by atoms with Gasteiger partial charge in [-0.1, -0.05) is 0 Å². The van der Waals surface area contributed by atoms with Gasteiger partial charge < -0.3 is 0 Å².